The fourth-order valence-electron chi connectivity index (χ4n) is 2.30. The van der Waals surface area contributed by atoms with E-state index in [1.165, 1.54) is 0 Å². The summed E-state index contributed by atoms with van der Waals surface area (Å²) in [7, 11) is 0. The molecule has 0 aliphatic rings. The Balaban J connectivity index is 2.28. The summed E-state index contributed by atoms with van der Waals surface area (Å²) in [6.07, 6.45) is 0. The zero-order valence-corrected chi connectivity index (χ0v) is 13.9. The molecule has 0 fully saturated rings. The highest BCUT2D eigenvalue weighted by Crippen LogP contribution is 2.18. The van der Waals surface area contributed by atoms with E-state index in [9.17, 15) is 9.59 Å². The first kappa shape index (κ1) is 16.7. The van der Waals surface area contributed by atoms with Crippen LogP contribution in [-0.4, -0.2) is 17.9 Å². The van der Waals surface area contributed by atoms with Crippen molar-refractivity contribution >= 4 is 17.5 Å². The van der Waals surface area contributed by atoms with Crippen LogP contribution in [0.2, 0.25) is 0 Å². The van der Waals surface area contributed by atoms with Crippen molar-refractivity contribution in [1.82, 2.24) is 5.32 Å². The number of carbonyl (C=O) groups is 2. The standard InChI is InChI=1S/C19H22N2O2/c1-12(2)20-18(22)15-7-5-6-8-17(15)21-19(23)16-11-13(3)9-10-14(16)4/h5-12H,1-4H3,(H,20,22)(H,21,23). The molecule has 2 rings (SSSR count). The van der Waals surface area contributed by atoms with Crippen molar-refractivity contribution in [3.63, 3.8) is 0 Å². The first-order chi connectivity index (χ1) is 10.9. The van der Waals surface area contributed by atoms with Gasteiger partial charge in [0.1, 0.15) is 0 Å². The number of hydrogen-bond acceptors (Lipinski definition) is 2. The van der Waals surface area contributed by atoms with E-state index in [1.54, 1.807) is 24.3 Å². The number of hydrogen-bond donors (Lipinski definition) is 2. The van der Waals surface area contributed by atoms with Gasteiger partial charge in [0.15, 0.2) is 0 Å². The normalized spacial score (nSPS) is 10.5. The molecule has 0 radical (unpaired) electrons. The van der Waals surface area contributed by atoms with Crippen molar-refractivity contribution in [3.05, 3.63) is 64.7 Å². The van der Waals surface area contributed by atoms with Gasteiger partial charge in [0.05, 0.1) is 11.3 Å². The molecule has 0 unspecified atom stereocenters. The van der Waals surface area contributed by atoms with Gasteiger partial charge in [-0.3, -0.25) is 9.59 Å². The van der Waals surface area contributed by atoms with Crippen LogP contribution in [0.25, 0.3) is 0 Å². The highest BCUT2D eigenvalue weighted by molar-refractivity contribution is 6.09. The molecular weight excluding hydrogens is 288 g/mol. The van der Waals surface area contributed by atoms with Crippen LogP contribution in [0.3, 0.4) is 0 Å². The van der Waals surface area contributed by atoms with E-state index in [-0.39, 0.29) is 17.9 Å². The van der Waals surface area contributed by atoms with Gasteiger partial charge in [0, 0.05) is 11.6 Å². The summed E-state index contributed by atoms with van der Waals surface area (Å²) in [6.45, 7) is 7.64. The maximum Gasteiger partial charge on any atom is 0.255 e. The third kappa shape index (κ3) is 4.19. The van der Waals surface area contributed by atoms with Gasteiger partial charge in [0.2, 0.25) is 0 Å². The molecule has 0 bridgehead atoms. The first-order valence-corrected chi connectivity index (χ1v) is 7.67. The first-order valence-electron chi connectivity index (χ1n) is 7.67. The second-order valence-corrected chi connectivity index (χ2v) is 5.95. The Morgan fingerprint density at radius 2 is 1.61 bits per heavy atom. The van der Waals surface area contributed by atoms with E-state index in [0.29, 0.717) is 16.8 Å². The van der Waals surface area contributed by atoms with Gasteiger partial charge in [-0.25, -0.2) is 0 Å². The number of nitrogens with one attached hydrogen (secondary N) is 2. The van der Waals surface area contributed by atoms with Gasteiger partial charge in [-0.2, -0.15) is 0 Å². The largest absolute Gasteiger partial charge is 0.350 e. The summed E-state index contributed by atoms with van der Waals surface area (Å²) in [4.78, 5) is 24.8. The number of aryl methyl sites for hydroxylation is 2. The van der Waals surface area contributed by atoms with Gasteiger partial charge in [-0.1, -0.05) is 29.8 Å². The molecule has 0 heterocycles. The van der Waals surface area contributed by atoms with E-state index in [4.69, 9.17) is 0 Å². The zero-order chi connectivity index (χ0) is 17.0. The molecule has 2 aromatic carbocycles. The monoisotopic (exact) mass is 310 g/mol. The van der Waals surface area contributed by atoms with Crippen molar-refractivity contribution in [1.29, 1.82) is 0 Å². The minimum atomic E-state index is -0.212. The van der Waals surface area contributed by atoms with Crippen molar-refractivity contribution in [3.8, 4) is 0 Å². The smallest absolute Gasteiger partial charge is 0.255 e. The third-order valence-electron chi connectivity index (χ3n) is 3.48. The van der Waals surface area contributed by atoms with Crippen LogP contribution in [0.15, 0.2) is 42.5 Å². The Morgan fingerprint density at radius 3 is 2.30 bits per heavy atom. The topological polar surface area (TPSA) is 58.2 Å². The summed E-state index contributed by atoms with van der Waals surface area (Å²) in [5, 5.41) is 5.69. The van der Waals surface area contributed by atoms with E-state index >= 15 is 0 Å². The molecule has 0 atom stereocenters. The fourth-order valence-corrected chi connectivity index (χ4v) is 2.30. The number of anilines is 1. The number of benzene rings is 2. The zero-order valence-electron chi connectivity index (χ0n) is 13.9. The van der Waals surface area contributed by atoms with Crippen LogP contribution in [0.4, 0.5) is 5.69 Å². The van der Waals surface area contributed by atoms with E-state index in [0.717, 1.165) is 11.1 Å². The van der Waals surface area contributed by atoms with Crippen molar-refractivity contribution in [2.24, 2.45) is 0 Å². The Labute approximate surface area is 136 Å². The summed E-state index contributed by atoms with van der Waals surface area (Å²) in [6, 6.07) is 12.8. The van der Waals surface area contributed by atoms with Crippen LogP contribution in [0.5, 0.6) is 0 Å². The van der Waals surface area contributed by atoms with Crippen LogP contribution in [0, 0.1) is 13.8 Å². The maximum absolute atomic E-state index is 12.5. The number of carbonyl (C=O) groups excluding carboxylic acids is 2. The Kier molecular flexibility index (Phi) is 5.16. The van der Waals surface area contributed by atoms with E-state index in [2.05, 4.69) is 10.6 Å². The molecule has 0 aliphatic heterocycles. The minimum absolute atomic E-state index is 0.0327. The average molecular weight is 310 g/mol. The summed E-state index contributed by atoms with van der Waals surface area (Å²) < 4.78 is 0. The summed E-state index contributed by atoms with van der Waals surface area (Å²) >= 11 is 0. The second-order valence-electron chi connectivity index (χ2n) is 5.95. The lowest BCUT2D eigenvalue weighted by atomic mass is 10.0. The van der Waals surface area contributed by atoms with Crippen LogP contribution in [0.1, 0.15) is 45.7 Å². The molecule has 0 aromatic heterocycles. The van der Waals surface area contributed by atoms with Crippen LogP contribution < -0.4 is 10.6 Å². The molecule has 0 aliphatic carbocycles. The molecule has 0 saturated carbocycles. The highest BCUT2D eigenvalue weighted by atomic mass is 16.2. The predicted molar refractivity (Wildman–Crippen MR) is 92.9 cm³/mol. The molecule has 2 amide bonds. The highest BCUT2D eigenvalue weighted by Gasteiger charge is 2.15. The summed E-state index contributed by atoms with van der Waals surface area (Å²) in [5.74, 6) is -0.409. The van der Waals surface area contributed by atoms with Gasteiger partial charge >= 0.3 is 0 Å². The molecular formula is C19H22N2O2. The molecule has 4 nitrogen and oxygen atoms in total. The number of para-hydroxylation sites is 1. The molecule has 2 N–H and O–H groups in total. The lowest BCUT2D eigenvalue weighted by molar-refractivity contribution is 0.0944. The quantitative estimate of drug-likeness (QED) is 0.904. The predicted octanol–water partition coefficient (Wildman–Crippen LogP) is 3.69. The molecule has 0 spiro atoms. The maximum atomic E-state index is 12.5. The minimum Gasteiger partial charge on any atom is -0.350 e. The number of amides is 2. The van der Waals surface area contributed by atoms with E-state index < -0.39 is 0 Å². The fraction of sp³-hybridized carbons (Fsp3) is 0.263. The molecule has 23 heavy (non-hydrogen) atoms. The molecule has 120 valence electrons. The molecule has 0 saturated heterocycles. The van der Waals surface area contributed by atoms with Gasteiger partial charge in [-0.15, -0.1) is 0 Å². The Bertz CT molecular complexity index is 736. The average Bonchev–Trinajstić information content (AvgIpc) is 2.49. The van der Waals surface area contributed by atoms with Crippen LogP contribution >= 0.6 is 0 Å². The van der Waals surface area contributed by atoms with Crippen molar-refractivity contribution < 1.29 is 9.59 Å². The van der Waals surface area contributed by atoms with Gasteiger partial charge < -0.3 is 10.6 Å². The summed E-state index contributed by atoms with van der Waals surface area (Å²) in [5.41, 5.74) is 3.50. The molecule has 2 aromatic rings. The van der Waals surface area contributed by atoms with Crippen LogP contribution in [-0.2, 0) is 0 Å². The molecule has 4 heteroatoms. The van der Waals surface area contributed by atoms with Gasteiger partial charge in [0.25, 0.3) is 11.8 Å². The Hall–Kier alpha value is -2.62. The lowest BCUT2D eigenvalue weighted by Gasteiger charge is -2.14. The SMILES string of the molecule is Cc1ccc(C)c(C(=O)Nc2ccccc2C(=O)NC(C)C)c1. The van der Waals surface area contributed by atoms with Crippen molar-refractivity contribution in [2.45, 2.75) is 33.7 Å². The van der Waals surface area contributed by atoms with E-state index in [1.807, 2.05) is 45.9 Å². The lowest BCUT2D eigenvalue weighted by Crippen LogP contribution is -2.31. The third-order valence-corrected chi connectivity index (χ3v) is 3.48. The van der Waals surface area contributed by atoms with Crippen molar-refractivity contribution in [2.75, 3.05) is 5.32 Å². The Morgan fingerprint density at radius 1 is 0.913 bits per heavy atom. The number of rotatable bonds is 4. The second kappa shape index (κ2) is 7.09. The van der Waals surface area contributed by atoms with Gasteiger partial charge in [-0.05, 0) is 51.5 Å².